The van der Waals surface area contributed by atoms with Gasteiger partial charge in [0.05, 0.1) is 13.3 Å². The van der Waals surface area contributed by atoms with Gasteiger partial charge in [0, 0.05) is 8.95 Å². The Kier molecular flexibility index (Phi) is 13.3. The number of nitrogen functional groups attached to an aromatic ring is 2. The van der Waals surface area contributed by atoms with E-state index in [1.165, 1.54) is 19.6 Å². The third-order valence-electron chi connectivity index (χ3n) is 5.40. The third-order valence-corrected chi connectivity index (χ3v) is 7.11. The Labute approximate surface area is 248 Å². The maximum atomic E-state index is 8.94. The number of rotatable bonds is 7. The minimum absolute atomic E-state index is 0. The molecule has 2 aromatic carbocycles. The number of nitrogens with two attached hydrogens (primary N) is 2. The van der Waals surface area contributed by atoms with Gasteiger partial charge < -0.3 is 25.7 Å². The molecular weight excluding hydrogens is 626 g/mol. The predicted octanol–water partition coefficient (Wildman–Crippen LogP) is 8.53. The van der Waals surface area contributed by atoms with Crippen LogP contribution in [0.5, 0.6) is 17.2 Å². The lowest BCUT2D eigenvalue weighted by Gasteiger charge is -2.16. The average Bonchev–Trinajstić information content (AvgIpc) is 2.84. The van der Waals surface area contributed by atoms with Crippen molar-refractivity contribution in [1.29, 1.82) is 5.26 Å². The maximum absolute atomic E-state index is 8.94. The molecule has 210 valence electrons. The largest absolute Gasteiger partial charge is 0.500 e. The second kappa shape index (κ2) is 15.3. The van der Waals surface area contributed by atoms with E-state index in [2.05, 4.69) is 81.7 Å². The molecule has 0 saturated carbocycles. The second-order valence-corrected chi connectivity index (χ2v) is 10.8. The van der Waals surface area contributed by atoms with Gasteiger partial charge in [-0.2, -0.15) is 10.2 Å². The lowest BCUT2D eigenvalue weighted by Crippen LogP contribution is -2.03. The normalized spacial score (nSPS) is 10.8. The number of nitriles is 1. The molecule has 0 aliphatic rings. The smallest absolute Gasteiger partial charge is 0.238 e. The van der Waals surface area contributed by atoms with Crippen LogP contribution in [0.4, 0.5) is 11.8 Å². The average molecular weight is 663 g/mol. The van der Waals surface area contributed by atoms with E-state index >= 15 is 0 Å². The van der Waals surface area contributed by atoms with Gasteiger partial charge in [-0.1, -0.05) is 79.1 Å². The molecule has 0 atom stereocenters. The van der Waals surface area contributed by atoms with E-state index in [-0.39, 0.29) is 25.0 Å². The maximum Gasteiger partial charge on any atom is 0.238 e. The molecule has 10 heteroatoms. The van der Waals surface area contributed by atoms with Crippen LogP contribution in [0.25, 0.3) is 0 Å². The van der Waals surface area contributed by atoms with Gasteiger partial charge in [0.1, 0.15) is 23.8 Å². The standard InChI is InChI=1S/C14H17BrN4O.C14H16BrNO2.CH4/c1-7(2)9-4-8(3)10(15)5-11(9)20-12-6-18-14(17)19-13(12)16;1-9(2)12-5-10(3)13(15)6-14(12)18-11(7-16)8-17-4;/h4-7H,1-3H3,(H4,16,17,18,19);5-6,8-9H,1-4H3;1H4/b;11-8+;. The Morgan fingerprint density at radius 1 is 0.923 bits per heavy atom. The van der Waals surface area contributed by atoms with Crippen LogP contribution in [0.2, 0.25) is 0 Å². The van der Waals surface area contributed by atoms with Crippen LogP contribution in [0.15, 0.2) is 51.4 Å². The molecule has 1 heterocycles. The zero-order valence-electron chi connectivity index (χ0n) is 22.6. The first-order valence-corrected chi connectivity index (χ1v) is 13.4. The Bertz CT molecular complexity index is 1350. The number of aryl methyl sites for hydroxylation is 2. The highest BCUT2D eigenvalue weighted by Crippen LogP contribution is 2.36. The van der Waals surface area contributed by atoms with Crippen molar-refractivity contribution < 1.29 is 14.2 Å². The molecule has 4 N–H and O–H groups in total. The van der Waals surface area contributed by atoms with E-state index < -0.39 is 0 Å². The highest BCUT2D eigenvalue weighted by Gasteiger charge is 2.14. The molecule has 0 aliphatic heterocycles. The fraction of sp³-hybridized carbons (Fsp3) is 0.345. The van der Waals surface area contributed by atoms with Crippen LogP contribution in [0, 0.1) is 25.2 Å². The molecule has 0 radical (unpaired) electrons. The van der Waals surface area contributed by atoms with Gasteiger partial charge in [0.15, 0.2) is 11.6 Å². The number of nitrogens with zero attached hydrogens (tertiary/aromatic N) is 3. The van der Waals surface area contributed by atoms with Gasteiger partial charge in [-0.15, -0.1) is 0 Å². The molecule has 0 aliphatic carbocycles. The minimum atomic E-state index is 0. The van der Waals surface area contributed by atoms with Crippen molar-refractivity contribution in [3.63, 3.8) is 0 Å². The van der Waals surface area contributed by atoms with E-state index in [0.29, 0.717) is 23.3 Å². The number of allylic oxidation sites excluding steroid dienone is 1. The topological polar surface area (TPSA) is 129 Å². The molecule has 0 amide bonds. The van der Waals surface area contributed by atoms with Crippen LogP contribution < -0.4 is 20.9 Å². The van der Waals surface area contributed by atoms with E-state index in [9.17, 15) is 0 Å². The highest BCUT2D eigenvalue weighted by atomic mass is 79.9. The quantitative estimate of drug-likeness (QED) is 0.190. The molecular formula is C29H37Br2N5O3. The Hall–Kier alpha value is -3.29. The number of benzene rings is 2. The number of methoxy groups -OCH3 is 1. The Morgan fingerprint density at radius 2 is 1.44 bits per heavy atom. The molecule has 0 fully saturated rings. The first-order valence-electron chi connectivity index (χ1n) is 11.8. The fourth-order valence-corrected chi connectivity index (χ4v) is 3.99. The van der Waals surface area contributed by atoms with Gasteiger partial charge in [0.25, 0.3) is 0 Å². The van der Waals surface area contributed by atoms with E-state index in [1.54, 1.807) is 0 Å². The summed E-state index contributed by atoms with van der Waals surface area (Å²) in [6.45, 7) is 12.5. The first-order chi connectivity index (χ1) is 17.9. The molecule has 0 bridgehead atoms. The van der Waals surface area contributed by atoms with Gasteiger partial charge in [-0.25, -0.2) is 4.98 Å². The van der Waals surface area contributed by atoms with Crippen LogP contribution >= 0.6 is 31.9 Å². The summed E-state index contributed by atoms with van der Waals surface area (Å²) >= 11 is 6.98. The molecule has 3 rings (SSSR count). The van der Waals surface area contributed by atoms with Gasteiger partial charge >= 0.3 is 0 Å². The molecule has 3 aromatic rings. The number of halogens is 2. The van der Waals surface area contributed by atoms with Crippen molar-refractivity contribution >= 4 is 43.6 Å². The fourth-order valence-electron chi connectivity index (χ4n) is 3.34. The SMILES string of the molecule is C.CO/C=C(\C#N)Oc1cc(Br)c(C)cc1C(C)C.Cc1cc(C(C)C)c(Oc2cnc(N)nc2N)cc1Br. The van der Waals surface area contributed by atoms with Crippen LogP contribution in [0.1, 0.15) is 69.2 Å². The number of hydrogen-bond donors (Lipinski definition) is 2. The van der Waals surface area contributed by atoms with Gasteiger partial charge in [0.2, 0.25) is 11.7 Å². The van der Waals surface area contributed by atoms with Crippen molar-refractivity contribution in [1.82, 2.24) is 9.97 Å². The summed E-state index contributed by atoms with van der Waals surface area (Å²) < 4.78 is 18.2. The zero-order chi connectivity index (χ0) is 28.6. The number of hydrogen-bond acceptors (Lipinski definition) is 8. The van der Waals surface area contributed by atoms with Crippen LogP contribution in [0.3, 0.4) is 0 Å². The van der Waals surface area contributed by atoms with Crippen molar-refractivity contribution in [2.75, 3.05) is 18.6 Å². The van der Waals surface area contributed by atoms with E-state index in [1.807, 2.05) is 32.0 Å². The molecule has 0 unspecified atom stereocenters. The summed E-state index contributed by atoms with van der Waals surface area (Å²) in [6, 6.07) is 9.92. The van der Waals surface area contributed by atoms with Gasteiger partial charge in [-0.05, 0) is 60.1 Å². The van der Waals surface area contributed by atoms with Crippen LogP contribution in [-0.4, -0.2) is 17.1 Å². The number of anilines is 2. The molecule has 1 aromatic heterocycles. The monoisotopic (exact) mass is 661 g/mol. The highest BCUT2D eigenvalue weighted by molar-refractivity contribution is 9.10. The second-order valence-electron chi connectivity index (χ2n) is 9.10. The predicted molar refractivity (Wildman–Crippen MR) is 165 cm³/mol. The summed E-state index contributed by atoms with van der Waals surface area (Å²) in [7, 11) is 1.48. The number of ether oxygens (including phenoxy) is 3. The summed E-state index contributed by atoms with van der Waals surface area (Å²) in [4.78, 5) is 7.79. The first kappa shape index (κ1) is 33.7. The third kappa shape index (κ3) is 9.44. The van der Waals surface area contributed by atoms with Crippen molar-refractivity contribution in [3.8, 4) is 23.3 Å². The molecule has 0 spiro atoms. The number of aromatic nitrogens is 2. The van der Waals surface area contributed by atoms with E-state index in [4.69, 9.17) is 30.9 Å². The molecule has 0 saturated heterocycles. The summed E-state index contributed by atoms with van der Waals surface area (Å²) in [6.07, 6.45) is 2.77. The van der Waals surface area contributed by atoms with Crippen molar-refractivity contribution in [3.05, 3.63) is 73.7 Å². The summed E-state index contributed by atoms with van der Waals surface area (Å²) in [5, 5.41) is 8.94. The van der Waals surface area contributed by atoms with Gasteiger partial charge in [-0.3, -0.25) is 0 Å². The zero-order valence-corrected chi connectivity index (χ0v) is 25.8. The summed E-state index contributed by atoms with van der Waals surface area (Å²) in [5.41, 5.74) is 15.7. The molecule has 8 nitrogen and oxygen atoms in total. The van der Waals surface area contributed by atoms with Crippen molar-refractivity contribution in [2.24, 2.45) is 0 Å². The summed E-state index contributed by atoms with van der Waals surface area (Å²) in [5.74, 6) is 2.94. The molecule has 39 heavy (non-hydrogen) atoms. The van der Waals surface area contributed by atoms with E-state index in [0.717, 1.165) is 36.9 Å². The Balaban J connectivity index is 0.000000383. The lowest BCUT2D eigenvalue weighted by atomic mass is 10.00. The minimum Gasteiger partial charge on any atom is -0.500 e. The van der Waals surface area contributed by atoms with Crippen molar-refractivity contribution in [2.45, 2.75) is 60.8 Å². The lowest BCUT2D eigenvalue weighted by molar-refractivity contribution is 0.310. The van der Waals surface area contributed by atoms with Crippen LogP contribution in [-0.2, 0) is 4.74 Å². The Morgan fingerprint density at radius 3 is 1.90 bits per heavy atom.